The number of hydrogen-bond acceptors (Lipinski definition) is 5. The topological polar surface area (TPSA) is 112 Å². The fourth-order valence-corrected chi connectivity index (χ4v) is 4.19. The van der Waals surface area contributed by atoms with Crippen molar-refractivity contribution < 1.29 is 4.79 Å². The molecule has 0 spiro atoms. The lowest BCUT2D eigenvalue weighted by Gasteiger charge is -2.32. The van der Waals surface area contributed by atoms with Gasteiger partial charge in [0.2, 0.25) is 5.91 Å². The minimum absolute atomic E-state index is 0.0147. The smallest absolute Gasteiger partial charge is 0.327 e. The second-order valence-corrected chi connectivity index (χ2v) is 7.54. The highest BCUT2D eigenvalue weighted by Crippen LogP contribution is 2.27. The van der Waals surface area contributed by atoms with Crippen LogP contribution in [0.3, 0.4) is 0 Å². The quantitative estimate of drug-likeness (QED) is 0.553. The molecule has 1 saturated heterocycles. The number of fused-ring (bicyclic) bond motifs is 2. The van der Waals surface area contributed by atoms with E-state index in [1.165, 1.54) is 0 Å². The molecule has 0 saturated carbocycles. The summed E-state index contributed by atoms with van der Waals surface area (Å²) in [5.41, 5.74) is 3.74. The molecule has 5 rings (SSSR count). The molecule has 0 bridgehead atoms. The molecule has 150 valence electrons. The third kappa shape index (κ3) is 2.85. The molecule has 0 aromatic carbocycles. The molecule has 9 nitrogen and oxygen atoms in total. The van der Waals surface area contributed by atoms with Gasteiger partial charge < -0.3 is 9.88 Å². The predicted molar refractivity (Wildman–Crippen MR) is 110 cm³/mol. The van der Waals surface area contributed by atoms with Crippen LogP contribution in [0.2, 0.25) is 0 Å². The monoisotopic (exact) mass is 401 g/mol. The third-order valence-corrected chi connectivity index (χ3v) is 5.70. The van der Waals surface area contributed by atoms with Gasteiger partial charge in [-0.05, 0) is 37.1 Å². The number of aromatic amines is 1. The summed E-state index contributed by atoms with van der Waals surface area (Å²) in [6.45, 7) is 2.76. The highest BCUT2D eigenvalue weighted by Gasteiger charge is 2.26. The summed E-state index contributed by atoms with van der Waals surface area (Å²) in [6.07, 6.45) is 5.09. The summed E-state index contributed by atoms with van der Waals surface area (Å²) in [5, 5.41) is 13.6. The SMILES string of the molecule is CC(=O)N1CCCC(n2c(=O)[nH]c3ccc(-c4cnn5ccc(C#N)cc45)nc32)C1. The highest BCUT2D eigenvalue weighted by molar-refractivity contribution is 5.82. The number of nitrogens with one attached hydrogen (secondary N) is 1. The molecule has 1 aliphatic rings. The fraction of sp³-hybridized carbons (Fsp3) is 0.286. The van der Waals surface area contributed by atoms with Crippen LogP contribution in [0.1, 0.15) is 31.4 Å². The highest BCUT2D eigenvalue weighted by atomic mass is 16.2. The van der Waals surface area contributed by atoms with Gasteiger partial charge in [-0.15, -0.1) is 0 Å². The average Bonchev–Trinajstić information content (AvgIpc) is 3.32. The van der Waals surface area contributed by atoms with Crippen molar-refractivity contribution in [1.82, 2.24) is 29.0 Å². The number of nitriles is 1. The number of H-pyrrole nitrogens is 1. The average molecular weight is 401 g/mol. The molecule has 0 radical (unpaired) electrons. The van der Waals surface area contributed by atoms with Crippen LogP contribution < -0.4 is 5.69 Å². The molecule has 4 aromatic heterocycles. The van der Waals surface area contributed by atoms with Crippen molar-refractivity contribution in [3.63, 3.8) is 0 Å². The second-order valence-electron chi connectivity index (χ2n) is 7.54. The largest absolute Gasteiger partial charge is 0.341 e. The first-order chi connectivity index (χ1) is 14.5. The van der Waals surface area contributed by atoms with Crippen molar-refractivity contribution in [2.45, 2.75) is 25.8 Å². The van der Waals surface area contributed by atoms with Crippen LogP contribution in [0.4, 0.5) is 0 Å². The summed E-state index contributed by atoms with van der Waals surface area (Å²) in [4.78, 5) is 34.0. The summed E-state index contributed by atoms with van der Waals surface area (Å²) in [7, 11) is 0. The summed E-state index contributed by atoms with van der Waals surface area (Å²) in [6, 6.07) is 9.15. The van der Waals surface area contributed by atoms with Crippen molar-refractivity contribution in [1.29, 1.82) is 5.26 Å². The number of likely N-dealkylation sites (tertiary alicyclic amines) is 1. The maximum absolute atomic E-state index is 12.7. The summed E-state index contributed by atoms with van der Waals surface area (Å²) >= 11 is 0. The van der Waals surface area contributed by atoms with Gasteiger partial charge in [0.1, 0.15) is 0 Å². The Hall–Kier alpha value is -3.93. The van der Waals surface area contributed by atoms with Crippen LogP contribution in [-0.4, -0.2) is 48.0 Å². The van der Waals surface area contributed by atoms with E-state index >= 15 is 0 Å². The van der Waals surface area contributed by atoms with E-state index in [4.69, 9.17) is 4.98 Å². The lowest BCUT2D eigenvalue weighted by Crippen LogP contribution is -2.41. The number of imidazole rings is 1. The zero-order valence-electron chi connectivity index (χ0n) is 16.4. The van der Waals surface area contributed by atoms with Gasteiger partial charge in [0.05, 0.1) is 40.6 Å². The number of carbonyl (C=O) groups is 1. The molecule has 1 N–H and O–H groups in total. The van der Waals surface area contributed by atoms with E-state index in [2.05, 4.69) is 16.2 Å². The third-order valence-electron chi connectivity index (χ3n) is 5.70. The normalized spacial score (nSPS) is 16.8. The number of pyridine rings is 2. The number of piperidine rings is 1. The van der Waals surface area contributed by atoms with Crippen molar-refractivity contribution >= 4 is 22.6 Å². The molecule has 1 atom stereocenters. The Bertz CT molecular complexity index is 1390. The first-order valence-corrected chi connectivity index (χ1v) is 9.80. The lowest BCUT2D eigenvalue weighted by molar-refractivity contribution is -0.130. The summed E-state index contributed by atoms with van der Waals surface area (Å²) in [5.74, 6) is 0.0147. The molecule has 1 unspecified atom stereocenters. The van der Waals surface area contributed by atoms with Crippen LogP contribution in [0, 0.1) is 11.3 Å². The van der Waals surface area contributed by atoms with Gasteiger partial charge >= 0.3 is 5.69 Å². The van der Waals surface area contributed by atoms with Gasteiger partial charge in [-0.25, -0.2) is 14.3 Å². The first-order valence-electron chi connectivity index (χ1n) is 9.80. The van der Waals surface area contributed by atoms with Gasteiger partial charge in [-0.1, -0.05) is 0 Å². The van der Waals surface area contributed by atoms with Crippen LogP contribution in [0.25, 0.3) is 27.9 Å². The van der Waals surface area contributed by atoms with Gasteiger partial charge in [0.15, 0.2) is 5.65 Å². The Labute approximate surface area is 171 Å². The number of rotatable bonds is 2. The first kappa shape index (κ1) is 18.1. The summed E-state index contributed by atoms with van der Waals surface area (Å²) < 4.78 is 3.36. The Kier molecular flexibility index (Phi) is 4.13. The molecular weight excluding hydrogens is 382 g/mol. The van der Waals surface area contributed by atoms with Gasteiger partial charge in [0, 0.05) is 31.8 Å². The number of amides is 1. The lowest BCUT2D eigenvalue weighted by atomic mass is 10.1. The van der Waals surface area contributed by atoms with Gasteiger partial charge in [0.25, 0.3) is 0 Å². The molecule has 1 amide bonds. The van der Waals surface area contributed by atoms with Crippen LogP contribution in [0.5, 0.6) is 0 Å². The zero-order chi connectivity index (χ0) is 20.8. The Morgan fingerprint density at radius 1 is 1.33 bits per heavy atom. The van der Waals surface area contributed by atoms with Crippen molar-refractivity contribution in [2.24, 2.45) is 0 Å². The molecule has 5 heterocycles. The second kappa shape index (κ2) is 6.84. The van der Waals surface area contributed by atoms with Crippen molar-refractivity contribution in [2.75, 3.05) is 13.1 Å². The van der Waals surface area contributed by atoms with Gasteiger partial charge in [-0.2, -0.15) is 10.4 Å². The molecule has 1 fully saturated rings. The predicted octanol–water partition coefficient (Wildman–Crippen LogP) is 2.09. The van der Waals surface area contributed by atoms with E-state index in [-0.39, 0.29) is 17.6 Å². The standard InChI is InChI=1S/C21H19N7O2/c1-13(29)26-7-2-3-15(12-26)28-20-18(25-21(28)30)5-4-17(24-20)16-11-23-27-8-6-14(10-22)9-19(16)27/h4-6,8-9,11,15H,2-3,7,12H2,1H3,(H,25,30). The van der Waals surface area contributed by atoms with E-state index in [0.29, 0.717) is 35.5 Å². The van der Waals surface area contributed by atoms with Crippen LogP contribution in [0.15, 0.2) is 41.5 Å². The number of hydrogen-bond donors (Lipinski definition) is 1. The number of carbonyl (C=O) groups excluding carboxylic acids is 1. The molecule has 4 aromatic rings. The van der Waals surface area contributed by atoms with E-state index in [9.17, 15) is 14.9 Å². The van der Waals surface area contributed by atoms with E-state index in [0.717, 1.165) is 23.9 Å². The van der Waals surface area contributed by atoms with E-state index in [1.54, 1.807) is 45.4 Å². The molecule has 9 heteroatoms. The van der Waals surface area contributed by atoms with E-state index in [1.807, 2.05) is 12.1 Å². The number of aromatic nitrogens is 5. The minimum Gasteiger partial charge on any atom is -0.341 e. The maximum Gasteiger partial charge on any atom is 0.327 e. The molecule has 30 heavy (non-hydrogen) atoms. The Balaban J connectivity index is 1.63. The fourth-order valence-electron chi connectivity index (χ4n) is 4.19. The number of nitrogens with zero attached hydrogens (tertiary/aromatic N) is 6. The Morgan fingerprint density at radius 3 is 3.00 bits per heavy atom. The van der Waals surface area contributed by atoms with Crippen LogP contribution >= 0.6 is 0 Å². The maximum atomic E-state index is 12.7. The Morgan fingerprint density at radius 2 is 2.20 bits per heavy atom. The van der Waals surface area contributed by atoms with Crippen LogP contribution in [-0.2, 0) is 4.79 Å². The van der Waals surface area contributed by atoms with Gasteiger partial charge in [-0.3, -0.25) is 9.36 Å². The van der Waals surface area contributed by atoms with E-state index < -0.39 is 0 Å². The molecular formula is C21H19N7O2. The minimum atomic E-state index is -0.225. The molecule has 1 aliphatic heterocycles. The van der Waals surface area contributed by atoms with Crippen molar-refractivity contribution in [3.05, 3.63) is 52.7 Å². The molecule has 0 aliphatic carbocycles. The zero-order valence-corrected chi connectivity index (χ0v) is 16.4. The van der Waals surface area contributed by atoms with Crippen molar-refractivity contribution in [3.8, 4) is 17.3 Å².